The van der Waals surface area contributed by atoms with E-state index in [2.05, 4.69) is 15.1 Å². The van der Waals surface area contributed by atoms with Crippen LogP contribution in [-0.2, 0) is 13.2 Å². The first-order chi connectivity index (χ1) is 13.2. The van der Waals surface area contributed by atoms with Gasteiger partial charge in [0.05, 0.1) is 16.6 Å². The van der Waals surface area contributed by atoms with E-state index >= 15 is 0 Å². The van der Waals surface area contributed by atoms with Gasteiger partial charge in [-0.25, -0.2) is 0 Å². The number of rotatable bonds is 2. The van der Waals surface area contributed by atoms with Gasteiger partial charge in [-0.15, -0.1) is 0 Å². The van der Waals surface area contributed by atoms with Gasteiger partial charge in [0.2, 0.25) is 5.82 Å². The van der Waals surface area contributed by atoms with Crippen LogP contribution in [0.4, 0.5) is 13.2 Å². The van der Waals surface area contributed by atoms with Crippen LogP contribution < -0.4 is 11.1 Å². The Morgan fingerprint density at radius 2 is 1.71 bits per heavy atom. The molecule has 7 nitrogen and oxygen atoms in total. The number of aromatic amines is 1. The molecule has 0 fully saturated rings. The van der Waals surface area contributed by atoms with Crippen LogP contribution in [0.25, 0.3) is 33.9 Å². The van der Waals surface area contributed by atoms with E-state index in [1.807, 2.05) is 0 Å². The molecule has 0 radical (unpaired) electrons. The van der Waals surface area contributed by atoms with Crippen molar-refractivity contribution in [1.82, 2.24) is 19.7 Å². The number of nitrogens with one attached hydrogen (secondary N) is 1. The monoisotopic (exact) mass is 388 g/mol. The number of aryl methyl sites for hydroxylation is 1. The van der Waals surface area contributed by atoms with E-state index in [1.165, 1.54) is 23.7 Å². The molecule has 10 heteroatoms. The second kappa shape index (κ2) is 6.19. The maximum atomic E-state index is 12.7. The summed E-state index contributed by atoms with van der Waals surface area (Å²) >= 11 is 0. The second-order valence-corrected chi connectivity index (χ2v) is 6.05. The van der Waals surface area contributed by atoms with Crippen molar-refractivity contribution in [3.8, 4) is 22.8 Å². The van der Waals surface area contributed by atoms with Crippen molar-refractivity contribution in [3.63, 3.8) is 0 Å². The predicted octanol–water partition coefficient (Wildman–Crippen LogP) is 2.96. The summed E-state index contributed by atoms with van der Waals surface area (Å²) in [6, 6.07) is 9.19. The van der Waals surface area contributed by atoms with Crippen molar-refractivity contribution in [2.75, 3.05) is 0 Å². The van der Waals surface area contributed by atoms with Crippen LogP contribution in [0, 0.1) is 0 Å². The summed E-state index contributed by atoms with van der Waals surface area (Å²) in [6.07, 6.45) is -4.43. The molecule has 142 valence electrons. The third-order valence-electron chi connectivity index (χ3n) is 4.25. The molecule has 0 bridgehead atoms. The zero-order chi connectivity index (χ0) is 20.1. The Kier molecular flexibility index (Phi) is 3.91. The van der Waals surface area contributed by atoms with Crippen LogP contribution in [0.5, 0.6) is 0 Å². The highest BCUT2D eigenvalue weighted by atomic mass is 19.4. The van der Waals surface area contributed by atoms with Gasteiger partial charge in [-0.2, -0.15) is 18.2 Å². The molecule has 2 aromatic carbocycles. The number of H-pyrrole nitrogens is 1. The van der Waals surface area contributed by atoms with E-state index in [4.69, 9.17) is 4.52 Å². The van der Waals surface area contributed by atoms with E-state index in [-0.39, 0.29) is 11.7 Å². The van der Waals surface area contributed by atoms with Gasteiger partial charge in [0.15, 0.2) is 0 Å². The number of nitrogens with zero attached hydrogens (tertiary/aromatic N) is 3. The van der Waals surface area contributed by atoms with Crippen LogP contribution in [0.1, 0.15) is 5.56 Å². The van der Waals surface area contributed by atoms with Crippen LogP contribution in [0.15, 0.2) is 56.6 Å². The number of halogens is 3. The summed E-state index contributed by atoms with van der Waals surface area (Å²) in [7, 11) is 1.48. The third-order valence-corrected chi connectivity index (χ3v) is 4.25. The van der Waals surface area contributed by atoms with E-state index in [9.17, 15) is 22.8 Å². The molecule has 0 amide bonds. The number of hydrogen-bond acceptors (Lipinski definition) is 5. The van der Waals surface area contributed by atoms with E-state index in [1.54, 1.807) is 18.2 Å². The van der Waals surface area contributed by atoms with Crippen LogP contribution in [-0.4, -0.2) is 19.7 Å². The van der Waals surface area contributed by atoms with Gasteiger partial charge in [0.1, 0.15) is 0 Å². The molecule has 0 saturated carbocycles. The second-order valence-electron chi connectivity index (χ2n) is 6.05. The minimum atomic E-state index is -4.43. The standard InChI is InChI=1S/C18H11F3N4O3/c1-25-13-7-4-10(8-12(13)22-15(26)17(25)27)14-23-16(28-24-14)9-2-5-11(6-3-9)18(19,20)21/h2-8H,1H3,(H,22,26). The van der Waals surface area contributed by atoms with Crippen molar-refractivity contribution in [2.45, 2.75) is 6.18 Å². The van der Waals surface area contributed by atoms with Gasteiger partial charge in [-0.3, -0.25) is 9.59 Å². The van der Waals surface area contributed by atoms with Crippen molar-refractivity contribution in [2.24, 2.45) is 7.05 Å². The molecular formula is C18H11F3N4O3. The van der Waals surface area contributed by atoms with E-state index in [0.29, 0.717) is 22.2 Å². The fourth-order valence-electron chi connectivity index (χ4n) is 2.77. The lowest BCUT2D eigenvalue weighted by atomic mass is 10.1. The van der Waals surface area contributed by atoms with Crippen molar-refractivity contribution >= 4 is 11.0 Å². The van der Waals surface area contributed by atoms with Crippen LogP contribution in [0.3, 0.4) is 0 Å². The molecule has 2 heterocycles. The van der Waals surface area contributed by atoms with E-state index in [0.717, 1.165) is 12.1 Å². The Balaban J connectivity index is 1.72. The summed E-state index contributed by atoms with van der Waals surface area (Å²) in [5.74, 6) is 0.240. The largest absolute Gasteiger partial charge is 0.416 e. The predicted molar refractivity (Wildman–Crippen MR) is 93.5 cm³/mol. The van der Waals surface area contributed by atoms with Gasteiger partial charge in [0.25, 0.3) is 5.89 Å². The smallest absolute Gasteiger partial charge is 0.334 e. The summed E-state index contributed by atoms with van der Waals surface area (Å²) in [6.45, 7) is 0. The van der Waals surface area contributed by atoms with Gasteiger partial charge >= 0.3 is 17.3 Å². The molecule has 28 heavy (non-hydrogen) atoms. The average Bonchev–Trinajstić information content (AvgIpc) is 3.15. The van der Waals surface area contributed by atoms with Gasteiger partial charge < -0.3 is 14.1 Å². The normalized spacial score (nSPS) is 11.9. The Bertz CT molecular complexity index is 1300. The first-order valence-electron chi connectivity index (χ1n) is 7.99. The van der Waals surface area contributed by atoms with Crippen LogP contribution >= 0.6 is 0 Å². The first-order valence-corrected chi connectivity index (χ1v) is 7.99. The molecule has 2 aromatic heterocycles. The molecule has 0 atom stereocenters. The molecule has 0 spiro atoms. The zero-order valence-corrected chi connectivity index (χ0v) is 14.2. The molecule has 1 N–H and O–H groups in total. The Hall–Kier alpha value is -3.69. The highest BCUT2D eigenvalue weighted by Gasteiger charge is 2.30. The molecule has 0 aliphatic carbocycles. The molecular weight excluding hydrogens is 377 g/mol. The molecule has 4 aromatic rings. The van der Waals surface area contributed by atoms with Gasteiger partial charge in [-0.1, -0.05) is 5.16 Å². The Labute approximate surface area is 154 Å². The van der Waals surface area contributed by atoms with Crippen molar-refractivity contribution in [3.05, 3.63) is 68.7 Å². The highest BCUT2D eigenvalue weighted by molar-refractivity contribution is 5.80. The number of benzene rings is 2. The summed E-state index contributed by atoms with van der Waals surface area (Å²) in [5, 5.41) is 3.83. The highest BCUT2D eigenvalue weighted by Crippen LogP contribution is 2.31. The summed E-state index contributed by atoms with van der Waals surface area (Å²) in [4.78, 5) is 30.0. The first kappa shape index (κ1) is 17.7. The fourth-order valence-corrected chi connectivity index (χ4v) is 2.77. The number of fused-ring (bicyclic) bond motifs is 1. The van der Waals surface area contributed by atoms with Crippen LogP contribution in [0.2, 0.25) is 0 Å². The van der Waals surface area contributed by atoms with Gasteiger partial charge in [-0.05, 0) is 42.5 Å². The fraction of sp³-hybridized carbons (Fsp3) is 0.111. The Morgan fingerprint density at radius 3 is 2.39 bits per heavy atom. The Morgan fingerprint density at radius 1 is 1.04 bits per heavy atom. The molecule has 4 rings (SSSR count). The van der Waals surface area contributed by atoms with Crippen molar-refractivity contribution < 1.29 is 17.7 Å². The average molecular weight is 388 g/mol. The quantitative estimate of drug-likeness (QED) is 0.533. The maximum Gasteiger partial charge on any atom is 0.416 e. The molecule has 0 aliphatic heterocycles. The molecule has 0 saturated heterocycles. The maximum absolute atomic E-state index is 12.7. The minimum absolute atomic E-state index is 0.0535. The van der Waals surface area contributed by atoms with E-state index < -0.39 is 22.9 Å². The van der Waals surface area contributed by atoms with Gasteiger partial charge in [0, 0.05) is 18.2 Å². The topological polar surface area (TPSA) is 93.8 Å². The lowest BCUT2D eigenvalue weighted by molar-refractivity contribution is -0.137. The lowest BCUT2D eigenvalue weighted by Crippen LogP contribution is -2.34. The minimum Gasteiger partial charge on any atom is -0.334 e. The lowest BCUT2D eigenvalue weighted by Gasteiger charge is -2.05. The summed E-state index contributed by atoms with van der Waals surface area (Å²) in [5.41, 5.74) is -0.451. The zero-order valence-electron chi connectivity index (χ0n) is 14.2. The number of aromatic nitrogens is 4. The number of alkyl halides is 3. The van der Waals surface area contributed by atoms with Crippen molar-refractivity contribution in [1.29, 1.82) is 0 Å². The SMILES string of the molecule is Cn1c(=O)c(=O)[nH]c2cc(-c3noc(-c4ccc(C(F)(F)F)cc4)n3)ccc21. The number of hydrogen-bond donors (Lipinski definition) is 1. The summed E-state index contributed by atoms with van der Waals surface area (Å²) < 4.78 is 44.3. The molecule has 0 unspecified atom stereocenters. The third kappa shape index (κ3) is 2.98. The molecule has 0 aliphatic rings.